The largest absolute Gasteiger partial charge is 0.493 e. The molecule has 3 heteroatoms. The summed E-state index contributed by atoms with van der Waals surface area (Å²) in [5, 5.41) is 0. The van der Waals surface area contributed by atoms with Crippen LogP contribution in [0.3, 0.4) is 0 Å². The quantitative estimate of drug-likeness (QED) is 0.588. The van der Waals surface area contributed by atoms with Gasteiger partial charge >= 0.3 is 0 Å². The predicted molar refractivity (Wildman–Crippen MR) is 76.8 cm³/mol. The highest BCUT2D eigenvalue weighted by molar-refractivity contribution is 7.38. The molecule has 0 N–H and O–H groups in total. The van der Waals surface area contributed by atoms with Gasteiger partial charge < -0.3 is 9.26 Å². The molecular weight excluding hydrogens is 243 g/mol. The molecule has 0 spiro atoms. The third kappa shape index (κ3) is 3.90. The van der Waals surface area contributed by atoms with Crippen molar-refractivity contribution in [2.75, 3.05) is 7.11 Å². The van der Waals surface area contributed by atoms with Gasteiger partial charge in [0.1, 0.15) is 14.6 Å². The Hall–Kier alpha value is -1.79. The van der Waals surface area contributed by atoms with Crippen LogP contribution in [0.4, 0.5) is 0 Å². The van der Waals surface area contributed by atoms with Gasteiger partial charge in [-0.3, -0.25) is 0 Å². The van der Waals surface area contributed by atoms with Crippen molar-refractivity contribution in [2.45, 2.75) is 0 Å². The van der Waals surface area contributed by atoms with Gasteiger partial charge in [0.05, 0.1) is 7.11 Å². The summed E-state index contributed by atoms with van der Waals surface area (Å²) in [5.74, 6) is 0.854. The number of benzene rings is 2. The van der Waals surface area contributed by atoms with Crippen molar-refractivity contribution in [3.05, 3.63) is 71.7 Å². The monoisotopic (exact) mass is 258 g/mol. The maximum atomic E-state index is 5.67. The minimum Gasteiger partial charge on any atom is -0.493 e. The highest BCUT2D eigenvalue weighted by Gasteiger charge is 1.99. The lowest BCUT2D eigenvalue weighted by Crippen LogP contribution is -1.84. The standard InChI is InChI=1S/C15H15O2P/c1-16-15(12-13-8-4-2-5-9-13)18-17-14-10-6-3-7-11-14/h2-12,18H,1H3. The van der Waals surface area contributed by atoms with Crippen LogP contribution < -0.4 is 4.52 Å². The zero-order valence-corrected chi connectivity index (χ0v) is 11.2. The van der Waals surface area contributed by atoms with Crippen LogP contribution in [0.25, 0.3) is 6.08 Å². The fourth-order valence-electron chi connectivity index (χ4n) is 1.43. The van der Waals surface area contributed by atoms with Crippen LogP contribution in [-0.4, -0.2) is 7.11 Å². The van der Waals surface area contributed by atoms with Crippen LogP contribution in [0.1, 0.15) is 5.56 Å². The Bertz CT molecular complexity index is 494. The van der Waals surface area contributed by atoms with Crippen molar-refractivity contribution >= 4 is 14.9 Å². The highest BCUT2D eigenvalue weighted by atomic mass is 31.1. The molecule has 1 atom stereocenters. The number of ether oxygens (including phenoxy) is 1. The highest BCUT2D eigenvalue weighted by Crippen LogP contribution is 2.29. The van der Waals surface area contributed by atoms with Crippen LogP contribution >= 0.6 is 8.81 Å². The van der Waals surface area contributed by atoms with E-state index in [4.69, 9.17) is 9.26 Å². The van der Waals surface area contributed by atoms with E-state index < -0.39 is 0 Å². The molecule has 1 unspecified atom stereocenters. The lowest BCUT2D eigenvalue weighted by Gasteiger charge is -2.08. The first-order valence-corrected chi connectivity index (χ1v) is 6.58. The Morgan fingerprint density at radius 2 is 1.56 bits per heavy atom. The molecule has 0 aliphatic rings. The summed E-state index contributed by atoms with van der Waals surface area (Å²) in [5.41, 5.74) is 1.93. The molecule has 0 amide bonds. The van der Waals surface area contributed by atoms with Gasteiger partial charge in [0.15, 0.2) is 5.50 Å². The van der Waals surface area contributed by atoms with Crippen LogP contribution in [0, 0.1) is 0 Å². The van der Waals surface area contributed by atoms with E-state index in [0.29, 0.717) is 0 Å². The number of hydrogen-bond acceptors (Lipinski definition) is 2. The SMILES string of the molecule is COC(=Cc1ccccc1)POc1ccccc1. The molecule has 0 bridgehead atoms. The van der Waals surface area contributed by atoms with Crippen LogP contribution in [0.2, 0.25) is 0 Å². The Balaban J connectivity index is 2.00. The van der Waals surface area contributed by atoms with E-state index >= 15 is 0 Å². The van der Waals surface area contributed by atoms with Crippen molar-refractivity contribution in [2.24, 2.45) is 0 Å². The molecule has 0 fully saturated rings. The number of methoxy groups -OCH3 is 1. The molecule has 0 heterocycles. The second-order valence-corrected chi connectivity index (χ2v) is 4.54. The van der Waals surface area contributed by atoms with Crippen molar-refractivity contribution in [3.63, 3.8) is 0 Å². The Kier molecular flexibility index (Phi) is 4.80. The summed E-state index contributed by atoms with van der Waals surface area (Å²) in [6, 6.07) is 19.8. The molecule has 0 saturated heterocycles. The molecule has 2 aromatic rings. The van der Waals surface area contributed by atoms with Gasteiger partial charge in [-0.05, 0) is 23.8 Å². The summed E-state index contributed by atoms with van der Waals surface area (Å²) < 4.78 is 11.0. The fourth-order valence-corrected chi connectivity index (χ4v) is 2.09. The molecule has 2 aromatic carbocycles. The minimum atomic E-state index is 0.165. The van der Waals surface area contributed by atoms with E-state index in [1.165, 1.54) is 0 Å². The summed E-state index contributed by atoms with van der Waals surface area (Å²) in [7, 11) is 1.83. The number of para-hydroxylation sites is 1. The third-order valence-electron chi connectivity index (χ3n) is 2.33. The minimum absolute atomic E-state index is 0.165. The van der Waals surface area contributed by atoms with E-state index in [1.807, 2.05) is 66.7 Å². The summed E-state index contributed by atoms with van der Waals surface area (Å²) >= 11 is 0. The van der Waals surface area contributed by atoms with Crippen molar-refractivity contribution < 1.29 is 9.26 Å². The Morgan fingerprint density at radius 1 is 0.944 bits per heavy atom. The fraction of sp³-hybridized carbons (Fsp3) is 0.0667. The number of rotatable bonds is 5. The molecule has 0 aliphatic heterocycles. The predicted octanol–water partition coefficient (Wildman–Crippen LogP) is 4.30. The second-order valence-electron chi connectivity index (χ2n) is 3.64. The van der Waals surface area contributed by atoms with E-state index in [0.717, 1.165) is 16.8 Å². The molecule has 2 nitrogen and oxygen atoms in total. The molecule has 0 saturated carbocycles. The van der Waals surface area contributed by atoms with Crippen molar-refractivity contribution in [1.82, 2.24) is 0 Å². The topological polar surface area (TPSA) is 18.5 Å². The van der Waals surface area contributed by atoms with Gasteiger partial charge in [0.25, 0.3) is 0 Å². The van der Waals surface area contributed by atoms with Crippen LogP contribution in [-0.2, 0) is 4.74 Å². The lowest BCUT2D eigenvalue weighted by molar-refractivity contribution is 0.322. The van der Waals surface area contributed by atoms with Gasteiger partial charge in [-0.15, -0.1) is 0 Å². The first-order chi connectivity index (χ1) is 8.88. The average molecular weight is 258 g/mol. The van der Waals surface area contributed by atoms with E-state index in [2.05, 4.69) is 0 Å². The average Bonchev–Trinajstić information content (AvgIpc) is 2.45. The molecular formula is C15H15O2P. The van der Waals surface area contributed by atoms with E-state index in [9.17, 15) is 0 Å². The zero-order chi connectivity index (χ0) is 12.6. The van der Waals surface area contributed by atoms with E-state index in [1.54, 1.807) is 7.11 Å². The Morgan fingerprint density at radius 3 is 2.17 bits per heavy atom. The van der Waals surface area contributed by atoms with Gasteiger partial charge in [0, 0.05) is 0 Å². The van der Waals surface area contributed by atoms with Crippen LogP contribution in [0.15, 0.2) is 66.2 Å². The second kappa shape index (κ2) is 6.83. The maximum absolute atomic E-state index is 5.67. The summed E-state index contributed by atoms with van der Waals surface area (Å²) in [6.07, 6.45) is 1.99. The molecule has 0 radical (unpaired) electrons. The summed E-state index contributed by atoms with van der Waals surface area (Å²) in [4.78, 5) is 0. The van der Waals surface area contributed by atoms with Crippen LogP contribution in [0.5, 0.6) is 5.75 Å². The molecule has 92 valence electrons. The Labute approximate surface area is 109 Å². The molecule has 18 heavy (non-hydrogen) atoms. The third-order valence-corrected chi connectivity index (χ3v) is 3.22. The first kappa shape index (κ1) is 12.7. The van der Waals surface area contributed by atoms with Crippen molar-refractivity contribution in [3.8, 4) is 5.75 Å². The van der Waals surface area contributed by atoms with Gasteiger partial charge in [-0.2, -0.15) is 0 Å². The molecule has 0 aromatic heterocycles. The maximum Gasteiger partial charge on any atom is 0.155 e. The first-order valence-electron chi connectivity index (χ1n) is 5.67. The molecule has 0 aliphatic carbocycles. The van der Waals surface area contributed by atoms with E-state index in [-0.39, 0.29) is 8.81 Å². The summed E-state index contributed by atoms with van der Waals surface area (Å²) in [6.45, 7) is 0. The van der Waals surface area contributed by atoms with Gasteiger partial charge in [-0.1, -0.05) is 48.5 Å². The zero-order valence-electron chi connectivity index (χ0n) is 10.2. The van der Waals surface area contributed by atoms with Gasteiger partial charge in [0.2, 0.25) is 0 Å². The smallest absolute Gasteiger partial charge is 0.155 e. The van der Waals surface area contributed by atoms with Gasteiger partial charge in [-0.25, -0.2) is 0 Å². The number of hydrogen-bond donors (Lipinski definition) is 0. The van der Waals surface area contributed by atoms with Crippen molar-refractivity contribution in [1.29, 1.82) is 0 Å². The normalized spacial score (nSPS) is 11.7. The lowest BCUT2D eigenvalue weighted by atomic mass is 10.2. The molecule has 2 rings (SSSR count).